The van der Waals surface area contributed by atoms with E-state index in [0.29, 0.717) is 12.6 Å². The molecule has 0 aromatic carbocycles. The molecule has 18 heavy (non-hydrogen) atoms. The Morgan fingerprint density at radius 3 is 2.83 bits per heavy atom. The number of hydrogen-bond acceptors (Lipinski definition) is 4. The number of rotatable bonds is 7. The van der Waals surface area contributed by atoms with Crippen molar-refractivity contribution in [2.24, 2.45) is 0 Å². The minimum atomic E-state index is 0.191. The average molecular weight is 249 g/mol. The summed E-state index contributed by atoms with van der Waals surface area (Å²) >= 11 is 0. The van der Waals surface area contributed by atoms with Crippen LogP contribution in [0.3, 0.4) is 0 Å². The fraction of sp³-hybridized carbons (Fsp3) is 0.643. The molecule has 0 unspecified atom stereocenters. The first kappa shape index (κ1) is 13.3. The third-order valence-corrected chi connectivity index (χ3v) is 3.29. The number of pyridine rings is 1. The molecule has 1 heterocycles. The van der Waals surface area contributed by atoms with Gasteiger partial charge in [-0.25, -0.2) is 4.98 Å². The number of aromatic nitrogens is 1. The summed E-state index contributed by atoms with van der Waals surface area (Å²) in [5.74, 6) is 1.03. The Hall–Kier alpha value is -1.13. The van der Waals surface area contributed by atoms with Crippen molar-refractivity contribution in [2.45, 2.75) is 39.3 Å². The molecule has 0 aliphatic heterocycles. The second-order valence-corrected chi connectivity index (χ2v) is 4.91. The molecule has 0 radical (unpaired) electrons. The van der Waals surface area contributed by atoms with Crippen LogP contribution in [-0.2, 0) is 6.54 Å². The van der Waals surface area contributed by atoms with Gasteiger partial charge in [0, 0.05) is 25.3 Å². The molecule has 4 nitrogen and oxygen atoms in total. The molecule has 1 fully saturated rings. The minimum Gasteiger partial charge on any atom is -0.395 e. The van der Waals surface area contributed by atoms with Crippen LogP contribution in [0.15, 0.2) is 12.3 Å². The molecule has 0 spiro atoms. The number of aryl methyl sites for hydroxylation is 1. The van der Waals surface area contributed by atoms with Crippen LogP contribution in [0.4, 0.5) is 5.82 Å². The Bertz CT molecular complexity index is 391. The van der Waals surface area contributed by atoms with Gasteiger partial charge in [-0.1, -0.05) is 6.92 Å². The van der Waals surface area contributed by atoms with Crippen LogP contribution < -0.4 is 10.2 Å². The van der Waals surface area contributed by atoms with Crippen LogP contribution >= 0.6 is 0 Å². The van der Waals surface area contributed by atoms with Gasteiger partial charge in [-0.05, 0) is 43.5 Å². The van der Waals surface area contributed by atoms with Crippen LogP contribution in [0.5, 0.6) is 0 Å². The van der Waals surface area contributed by atoms with Gasteiger partial charge in [0.1, 0.15) is 5.82 Å². The van der Waals surface area contributed by atoms with Crippen molar-refractivity contribution in [3.05, 3.63) is 23.4 Å². The number of nitrogens with zero attached hydrogens (tertiary/aromatic N) is 2. The Kier molecular flexibility index (Phi) is 4.55. The predicted molar refractivity (Wildman–Crippen MR) is 73.8 cm³/mol. The summed E-state index contributed by atoms with van der Waals surface area (Å²) in [6.07, 6.45) is 4.39. The van der Waals surface area contributed by atoms with Gasteiger partial charge in [0.15, 0.2) is 0 Å². The summed E-state index contributed by atoms with van der Waals surface area (Å²) in [5, 5.41) is 12.5. The molecule has 1 aliphatic carbocycles. The lowest BCUT2D eigenvalue weighted by molar-refractivity contribution is 0.301. The average Bonchev–Trinajstić information content (AvgIpc) is 3.18. The summed E-state index contributed by atoms with van der Waals surface area (Å²) in [5.41, 5.74) is 2.42. The summed E-state index contributed by atoms with van der Waals surface area (Å²) < 4.78 is 0. The van der Waals surface area contributed by atoms with Crippen molar-refractivity contribution in [3.63, 3.8) is 0 Å². The van der Waals surface area contributed by atoms with E-state index in [4.69, 9.17) is 5.11 Å². The molecule has 0 atom stereocenters. The topological polar surface area (TPSA) is 48.4 Å². The van der Waals surface area contributed by atoms with Crippen molar-refractivity contribution < 1.29 is 5.11 Å². The molecule has 1 aromatic heterocycles. The molecule has 2 rings (SSSR count). The van der Waals surface area contributed by atoms with E-state index in [1.165, 1.54) is 24.0 Å². The zero-order chi connectivity index (χ0) is 13.0. The molecule has 100 valence electrons. The lowest BCUT2D eigenvalue weighted by Crippen LogP contribution is -2.30. The third kappa shape index (κ3) is 3.21. The van der Waals surface area contributed by atoms with Crippen LogP contribution in [0.25, 0.3) is 0 Å². The van der Waals surface area contributed by atoms with Gasteiger partial charge in [-0.3, -0.25) is 0 Å². The number of nitrogens with one attached hydrogen (secondary N) is 1. The molecular weight excluding hydrogens is 226 g/mol. The van der Waals surface area contributed by atoms with E-state index in [0.717, 1.165) is 18.9 Å². The van der Waals surface area contributed by atoms with E-state index >= 15 is 0 Å². The standard InChI is InChI=1S/C14H23N3O/c1-3-15-9-12-8-11(2)14(16-10-12)17(6-7-18)13-4-5-13/h8,10,13,15,18H,3-7,9H2,1-2H3. The van der Waals surface area contributed by atoms with Crippen molar-refractivity contribution in [2.75, 3.05) is 24.6 Å². The van der Waals surface area contributed by atoms with Crippen LogP contribution in [-0.4, -0.2) is 35.8 Å². The number of anilines is 1. The first-order chi connectivity index (χ1) is 8.76. The highest BCUT2D eigenvalue weighted by Gasteiger charge is 2.30. The van der Waals surface area contributed by atoms with Crippen molar-refractivity contribution in [3.8, 4) is 0 Å². The van der Waals surface area contributed by atoms with E-state index in [9.17, 15) is 0 Å². The predicted octanol–water partition coefficient (Wildman–Crippen LogP) is 1.46. The van der Waals surface area contributed by atoms with E-state index < -0.39 is 0 Å². The normalized spacial score (nSPS) is 14.8. The maximum atomic E-state index is 9.16. The van der Waals surface area contributed by atoms with Gasteiger partial charge in [-0.2, -0.15) is 0 Å². The summed E-state index contributed by atoms with van der Waals surface area (Å²) in [6.45, 7) is 6.92. The molecule has 2 N–H and O–H groups in total. The lowest BCUT2D eigenvalue weighted by atomic mass is 10.2. The summed E-state index contributed by atoms with van der Waals surface area (Å²) in [6, 6.07) is 2.78. The van der Waals surface area contributed by atoms with Gasteiger partial charge in [0.25, 0.3) is 0 Å². The number of aliphatic hydroxyl groups is 1. The second kappa shape index (κ2) is 6.16. The monoisotopic (exact) mass is 249 g/mol. The van der Waals surface area contributed by atoms with E-state index in [1.54, 1.807) is 0 Å². The zero-order valence-electron chi connectivity index (χ0n) is 11.3. The molecule has 0 saturated heterocycles. The van der Waals surface area contributed by atoms with Crippen molar-refractivity contribution in [1.29, 1.82) is 0 Å². The Labute approximate surface area is 109 Å². The fourth-order valence-electron chi connectivity index (χ4n) is 2.25. The minimum absolute atomic E-state index is 0.191. The quantitative estimate of drug-likeness (QED) is 0.768. The molecule has 1 aromatic rings. The van der Waals surface area contributed by atoms with E-state index in [1.807, 2.05) is 6.20 Å². The molecular formula is C14H23N3O. The van der Waals surface area contributed by atoms with E-state index in [-0.39, 0.29) is 6.61 Å². The highest BCUT2D eigenvalue weighted by molar-refractivity contribution is 5.49. The first-order valence-corrected chi connectivity index (χ1v) is 6.80. The molecule has 1 saturated carbocycles. The van der Waals surface area contributed by atoms with Gasteiger partial charge in [0.05, 0.1) is 6.61 Å². The maximum Gasteiger partial charge on any atom is 0.131 e. The van der Waals surface area contributed by atoms with Gasteiger partial charge < -0.3 is 15.3 Å². The van der Waals surface area contributed by atoms with Gasteiger partial charge in [0.2, 0.25) is 0 Å². The fourth-order valence-corrected chi connectivity index (χ4v) is 2.25. The highest BCUT2D eigenvalue weighted by Crippen LogP contribution is 2.31. The zero-order valence-corrected chi connectivity index (χ0v) is 11.3. The van der Waals surface area contributed by atoms with Crippen LogP contribution in [0.1, 0.15) is 30.9 Å². The highest BCUT2D eigenvalue weighted by atomic mass is 16.3. The van der Waals surface area contributed by atoms with Crippen LogP contribution in [0.2, 0.25) is 0 Å². The Balaban J connectivity index is 2.11. The number of hydrogen-bond donors (Lipinski definition) is 2. The molecule has 0 bridgehead atoms. The Morgan fingerprint density at radius 2 is 2.28 bits per heavy atom. The smallest absolute Gasteiger partial charge is 0.131 e. The Morgan fingerprint density at radius 1 is 1.50 bits per heavy atom. The molecule has 0 amide bonds. The van der Waals surface area contributed by atoms with Crippen molar-refractivity contribution in [1.82, 2.24) is 10.3 Å². The van der Waals surface area contributed by atoms with Gasteiger partial charge >= 0.3 is 0 Å². The lowest BCUT2D eigenvalue weighted by Gasteiger charge is -2.24. The molecule has 1 aliphatic rings. The summed E-state index contributed by atoms with van der Waals surface area (Å²) in [7, 11) is 0. The molecule has 4 heteroatoms. The van der Waals surface area contributed by atoms with E-state index in [2.05, 4.69) is 35.1 Å². The van der Waals surface area contributed by atoms with Crippen molar-refractivity contribution >= 4 is 5.82 Å². The van der Waals surface area contributed by atoms with Gasteiger partial charge in [-0.15, -0.1) is 0 Å². The summed E-state index contributed by atoms with van der Waals surface area (Å²) in [4.78, 5) is 6.83. The second-order valence-electron chi connectivity index (χ2n) is 4.91. The number of aliphatic hydroxyl groups excluding tert-OH is 1. The largest absolute Gasteiger partial charge is 0.395 e. The maximum absolute atomic E-state index is 9.16. The first-order valence-electron chi connectivity index (χ1n) is 6.80. The third-order valence-electron chi connectivity index (χ3n) is 3.29. The SMILES string of the molecule is CCNCc1cnc(N(CCO)C2CC2)c(C)c1. The van der Waals surface area contributed by atoms with Crippen LogP contribution in [0, 0.1) is 6.92 Å².